The molecule has 2 nitrogen and oxygen atoms in total. The second-order valence-corrected chi connectivity index (χ2v) is 4.37. The van der Waals surface area contributed by atoms with Gasteiger partial charge in [-0.25, -0.2) is 0 Å². The number of carbonyl (C=O) groups is 1. The van der Waals surface area contributed by atoms with Gasteiger partial charge >= 0.3 is 5.97 Å². The van der Waals surface area contributed by atoms with E-state index in [0.717, 1.165) is 12.8 Å². The van der Waals surface area contributed by atoms with Crippen molar-refractivity contribution in [1.82, 2.24) is 0 Å². The lowest BCUT2D eigenvalue weighted by Crippen LogP contribution is -2.20. The first-order chi connectivity index (χ1) is 6.77. The molecule has 2 aliphatic rings. The molecule has 0 unspecified atom stereocenters. The number of aliphatic carboxylic acids is 1. The quantitative estimate of drug-likeness (QED) is 0.771. The number of fused-ring (bicyclic) bond motifs is 1. The number of carboxylic acids is 1. The van der Waals surface area contributed by atoms with Crippen LogP contribution in [-0.2, 0) is 10.2 Å². The Morgan fingerprint density at radius 2 is 2.07 bits per heavy atom. The zero-order valence-electron chi connectivity index (χ0n) is 7.81. The molecule has 2 heteroatoms. The smallest absolute Gasteiger partial charge is 0.307 e. The molecule has 0 spiro atoms. The van der Waals surface area contributed by atoms with Gasteiger partial charge in [0.2, 0.25) is 0 Å². The SMILES string of the molecule is O=C(O)[C@H]1[C@@H]2CC[C@@]21c1ccccc1. The van der Waals surface area contributed by atoms with Crippen molar-refractivity contribution >= 4 is 5.97 Å². The van der Waals surface area contributed by atoms with Crippen LogP contribution in [0.15, 0.2) is 30.3 Å². The van der Waals surface area contributed by atoms with Gasteiger partial charge in [0, 0.05) is 5.41 Å². The van der Waals surface area contributed by atoms with E-state index < -0.39 is 5.97 Å². The van der Waals surface area contributed by atoms with Crippen molar-refractivity contribution in [3.8, 4) is 0 Å². The van der Waals surface area contributed by atoms with Crippen molar-refractivity contribution in [2.75, 3.05) is 0 Å². The van der Waals surface area contributed by atoms with E-state index in [1.54, 1.807) is 0 Å². The monoisotopic (exact) mass is 188 g/mol. The van der Waals surface area contributed by atoms with Gasteiger partial charge in [-0.15, -0.1) is 0 Å². The van der Waals surface area contributed by atoms with Gasteiger partial charge < -0.3 is 5.11 Å². The molecule has 72 valence electrons. The first kappa shape index (κ1) is 8.04. The van der Waals surface area contributed by atoms with E-state index >= 15 is 0 Å². The molecule has 3 rings (SSSR count). The fourth-order valence-corrected chi connectivity index (χ4v) is 3.14. The van der Waals surface area contributed by atoms with Crippen LogP contribution >= 0.6 is 0 Å². The summed E-state index contributed by atoms with van der Waals surface area (Å²) in [6, 6.07) is 10.1. The molecule has 0 heterocycles. The second-order valence-electron chi connectivity index (χ2n) is 4.37. The van der Waals surface area contributed by atoms with E-state index in [9.17, 15) is 4.79 Å². The van der Waals surface area contributed by atoms with Crippen molar-refractivity contribution in [2.24, 2.45) is 11.8 Å². The number of carboxylic acid groups (broad SMARTS) is 1. The number of hydrogen-bond donors (Lipinski definition) is 1. The highest BCUT2D eigenvalue weighted by atomic mass is 16.4. The summed E-state index contributed by atoms with van der Waals surface area (Å²) in [6.45, 7) is 0. The highest BCUT2D eigenvalue weighted by Crippen LogP contribution is 2.72. The maximum Gasteiger partial charge on any atom is 0.307 e. The van der Waals surface area contributed by atoms with Crippen LogP contribution < -0.4 is 0 Å². The Balaban J connectivity index is 1.98. The Bertz CT molecular complexity index is 385. The van der Waals surface area contributed by atoms with Gasteiger partial charge in [0.05, 0.1) is 5.92 Å². The lowest BCUT2D eigenvalue weighted by molar-refractivity contribution is -0.139. The fraction of sp³-hybridized carbons (Fsp3) is 0.417. The Morgan fingerprint density at radius 3 is 2.50 bits per heavy atom. The van der Waals surface area contributed by atoms with Crippen molar-refractivity contribution in [2.45, 2.75) is 18.3 Å². The Labute approximate surface area is 82.6 Å². The summed E-state index contributed by atoms with van der Waals surface area (Å²) >= 11 is 0. The molecule has 2 aliphatic carbocycles. The van der Waals surface area contributed by atoms with Crippen molar-refractivity contribution in [1.29, 1.82) is 0 Å². The second kappa shape index (κ2) is 2.38. The van der Waals surface area contributed by atoms with Crippen LogP contribution in [0.25, 0.3) is 0 Å². The zero-order valence-corrected chi connectivity index (χ0v) is 7.81. The fourth-order valence-electron chi connectivity index (χ4n) is 3.14. The number of benzene rings is 1. The maximum absolute atomic E-state index is 11.0. The molecule has 2 fully saturated rings. The molecular weight excluding hydrogens is 176 g/mol. The molecule has 0 aliphatic heterocycles. The first-order valence-corrected chi connectivity index (χ1v) is 5.05. The van der Waals surface area contributed by atoms with Gasteiger partial charge in [-0.05, 0) is 24.3 Å². The van der Waals surface area contributed by atoms with Crippen LogP contribution in [0.2, 0.25) is 0 Å². The van der Waals surface area contributed by atoms with E-state index in [1.165, 1.54) is 5.56 Å². The van der Waals surface area contributed by atoms with Crippen molar-refractivity contribution in [3.63, 3.8) is 0 Å². The lowest BCUT2D eigenvalue weighted by atomic mass is 9.78. The Hall–Kier alpha value is -1.31. The van der Waals surface area contributed by atoms with Gasteiger partial charge in [0.15, 0.2) is 0 Å². The minimum atomic E-state index is -0.614. The third kappa shape index (κ3) is 0.746. The van der Waals surface area contributed by atoms with E-state index in [0.29, 0.717) is 5.92 Å². The van der Waals surface area contributed by atoms with Gasteiger partial charge in [-0.3, -0.25) is 4.79 Å². The molecule has 1 aromatic rings. The Kier molecular flexibility index (Phi) is 1.37. The third-order valence-corrected chi connectivity index (χ3v) is 3.96. The van der Waals surface area contributed by atoms with Gasteiger partial charge in [0.25, 0.3) is 0 Å². The zero-order chi connectivity index (χ0) is 9.76. The summed E-state index contributed by atoms with van der Waals surface area (Å²) in [7, 11) is 0. The van der Waals surface area contributed by atoms with Crippen LogP contribution in [0.5, 0.6) is 0 Å². The molecule has 3 atom stereocenters. The summed E-state index contributed by atoms with van der Waals surface area (Å²) in [5.74, 6) is -0.302. The molecule has 1 N–H and O–H groups in total. The van der Waals surface area contributed by atoms with Crippen LogP contribution in [0.4, 0.5) is 0 Å². The highest BCUT2D eigenvalue weighted by molar-refractivity contribution is 5.79. The van der Waals surface area contributed by atoms with Crippen molar-refractivity contribution in [3.05, 3.63) is 35.9 Å². The topological polar surface area (TPSA) is 37.3 Å². The molecule has 0 saturated heterocycles. The maximum atomic E-state index is 11.0. The van der Waals surface area contributed by atoms with Gasteiger partial charge in [-0.2, -0.15) is 0 Å². The highest BCUT2D eigenvalue weighted by Gasteiger charge is 2.74. The van der Waals surface area contributed by atoms with Gasteiger partial charge in [0.1, 0.15) is 0 Å². The molecule has 1 aromatic carbocycles. The van der Waals surface area contributed by atoms with Crippen LogP contribution in [-0.4, -0.2) is 11.1 Å². The van der Waals surface area contributed by atoms with Crippen LogP contribution in [0.3, 0.4) is 0 Å². The summed E-state index contributed by atoms with van der Waals surface area (Å²) in [5.41, 5.74) is 1.25. The summed E-state index contributed by atoms with van der Waals surface area (Å²) in [5, 5.41) is 9.06. The minimum Gasteiger partial charge on any atom is -0.481 e. The van der Waals surface area contributed by atoms with E-state index in [-0.39, 0.29) is 11.3 Å². The first-order valence-electron chi connectivity index (χ1n) is 5.05. The molecule has 0 amide bonds. The van der Waals surface area contributed by atoms with E-state index in [2.05, 4.69) is 12.1 Å². The minimum absolute atomic E-state index is 0.0209. The summed E-state index contributed by atoms with van der Waals surface area (Å²) in [4.78, 5) is 11.0. The molecular formula is C12H12O2. The number of rotatable bonds is 2. The van der Waals surface area contributed by atoms with Gasteiger partial charge in [-0.1, -0.05) is 30.3 Å². The molecule has 0 radical (unpaired) electrons. The normalized spacial score (nSPS) is 38.3. The Morgan fingerprint density at radius 1 is 1.36 bits per heavy atom. The standard InChI is InChI=1S/C12H12O2/c13-11(14)10-9-6-7-12(9,10)8-4-2-1-3-5-8/h1-5,9-10H,6-7H2,(H,13,14)/t9-,10+,12+/m0/s1. The summed E-state index contributed by atoms with van der Waals surface area (Å²) < 4.78 is 0. The molecule has 0 aromatic heterocycles. The molecule has 0 bridgehead atoms. The van der Waals surface area contributed by atoms with Crippen LogP contribution in [0, 0.1) is 11.8 Å². The number of hydrogen-bond acceptors (Lipinski definition) is 1. The summed E-state index contributed by atoms with van der Waals surface area (Å²) in [6.07, 6.45) is 2.14. The lowest BCUT2D eigenvalue weighted by Gasteiger charge is -2.25. The van der Waals surface area contributed by atoms with Crippen molar-refractivity contribution < 1.29 is 9.90 Å². The predicted molar refractivity (Wildman–Crippen MR) is 52.0 cm³/mol. The largest absolute Gasteiger partial charge is 0.481 e. The van der Waals surface area contributed by atoms with E-state index in [4.69, 9.17) is 5.11 Å². The van der Waals surface area contributed by atoms with Crippen LogP contribution in [0.1, 0.15) is 18.4 Å². The average molecular weight is 188 g/mol. The molecule has 14 heavy (non-hydrogen) atoms. The molecule has 2 saturated carbocycles. The third-order valence-electron chi connectivity index (χ3n) is 3.96. The predicted octanol–water partition coefficient (Wildman–Crippen LogP) is 2.05. The average Bonchev–Trinajstić information content (AvgIpc) is 2.65. The van der Waals surface area contributed by atoms with E-state index in [1.807, 2.05) is 18.2 Å².